The minimum absolute atomic E-state index is 0.0251. The Kier molecular flexibility index (Phi) is 7.13. The van der Waals surface area contributed by atoms with Crippen molar-refractivity contribution in [2.75, 3.05) is 6.61 Å². The van der Waals surface area contributed by atoms with Crippen LogP contribution in [0, 0.1) is 9.75 Å². The molecule has 0 aliphatic heterocycles. The first-order chi connectivity index (χ1) is 14.1. The lowest BCUT2D eigenvalue weighted by Gasteiger charge is -2.27. The maximum absolute atomic E-state index is 11.9. The van der Waals surface area contributed by atoms with E-state index in [1.54, 1.807) is 12.1 Å². The molecule has 0 radical (unpaired) electrons. The summed E-state index contributed by atoms with van der Waals surface area (Å²) < 4.78 is 18.8. The number of aromatic nitrogens is 2. The van der Waals surface area contributed by atoms with Crippen molar-refractivity contribution in [3.63, 3.8) is 0 Å². The van der Waals surface area contributed by atoms with E-state index in [1.807, 2.05) is 4.57 Å². The second-order valence-electron chi connectivity index (χ2n) is 7.02. The normalized spacial score (nSPS) is 23.4. The summed E-state index contributed by atoms with van der Waals surface area (Å²) in [6, 6.07) is 2.93. The standard InChI is InChI=1S/C19H19Cl2IN2O6/c1-8(25)28-7-11-4-16(18(30-10(3)27)17(11)29-9(2)26)24-15-6-13(21)12(20)5-14(15)23-19(24)22/h5-6,11,16-18H,4,7H2,1-3H3/t11-,16-,17-,18+/m0/s1. The Hall–Kier alpha value is -1.59. The van der Waals surface area contributed by atoms with E-state index < -0.39 is 36.2 Å². The van der Waals surface area contributed by atoms with Crippen LogP contribution in [0.2, 0.25) is 10.0 Å². The van der Waals surface area contributed by atoms with Crippen LogP contribution in [0.1, 0.15) is 33.2 Å². The maximum Gasteiger partial charge on any atom is 0.303 e. The highest BCUT2D eigenvalue weighted by atomic mass is 127. The summed E-state index contributed by atoms with van der Waals surface area (Å²) >= 11 is 14.4. The van der Waals surface area contributed by atoms with E-state index in [9.17, 15) is 14.4 Å². The zero-order valence-corrected chi connectivity index (χ0v) is 20.0. The van der Waals surface area contributed by atoms with Gasteiger partial charge < -0.3 is 18.8 Å². The Morgan fingerprint density at radius 3 is 2.27 bits per heavy atom. The molecule has 1 aliphatic carbocycles. The van der Waals surface area contributed by atoms with Crippen LogP contribution < -0.4 is 0 Å². The van der Waals surface area contributed by atoms with Crippen molar-refractivity contribution in [1.82, 2.24) is 9.55 Å². The average molecular weight is 569 g/mol. The van der Waals surface area contributed by atoms with E-state index in [-0.39, 0.29) is 12.5 Å². The highest BCUT2D eigenvalue weighted by Gasteiger charge is 2.49. The molecule has 162 valence electrons. The molecule has 1 saturated carbocycles. The first-order valence-corrected chi connectivity index (χ1v) is 10.9. The lowest BCUT2D eigenvalue weighted by atomic mass is 10.1. The number of nitrogens with zero attached hydrogens (tertiary/aromatic N) is 2. The second-order valence-corrected chi connectivity index (χ2v) is 8.80. The number of rotatable bonds is 5. The molecule has 0 bridgehead atoms. The van der Waals surface area contributed by atoms with Crippen molar-refractivity contribution >= 4 is 74.7 Å². The van der Waals surface area contributed by atoms with Gasteiger partial charge in [-0.3, -0.25) is 14.4 Å². The molecule has 0 N–H and O–H groups in total. The third kappa shape index (κ3) is 4.83. The number of benzene rings is 1. The van der Waals surface area contributed by atoms with Crippen LogP contribution in [-0.4, -0.2) is 46.3 Å². The molecule has 0 saturated heterocycles. The Morgan fingerprint density at radius 2 is 1.67 bits per heavy atom. The Balaban J connectivity index is 2.09. The van der Waals surface area contributed by atoms with E-state index in [1.165, 1.54) is 20.8 Å². The number of hydrogen-bond donors (Lipinski definition) is 0. The summed E-state index contributed by atoms with van der Waals surface area (Å²) in [6.45, 7) is 3.89. The minimum atomic E-state index is -0.799. The van der Waals surface area contributed by atoms with Gasteiger partial charge in [0.1, 0.15) is 6.10 Å². The minimum Gasteiger partial charge on any atom is -0.465 e. The molecule has 1 aromatic carbocycles. The third-order valence-corrected chi connectivity index (χ3v) is 6.32. The molecule has 2 aromatic rings. The molecule has 8 nitrogen and oxygen atoms in total. The van der Waals surface area contributed by atoms with Crippen LogP contribution in [0.25, 0.3) is 11.0 Å². The molecular formula is C19H19Cl2IN2O6. The Bertz CT molecular complexity index is 1010. The number of esters is 3. The summed E-state index contributed by atoms with van der Waals surface area (Å²) in [6.07, 6.45) is -1.16. The number of halogens is 3. The summed E-state index contributed by atoms with van der Waals surface area (Å²) in [4.78, 5) is 39.5. The van der Waals surface area contributed by atoms with Gasteiger partial charge in [0.2, 0.25) is 0 Å². The summed E-state index contributed by atoms with van der Waals surface area (Å²) in [5.74, 6) is -1.86. The molecule has 1 fully saturated rings. The third-order valence-electron chi connectivity index (χ3n) is 4.84. The van der Waals surface area contributed by atoms with Gasteiger partial charge in [-0.2, -0.15) is 0 Å². The first kappa shape index (κ1) is 23.1. The lowest BCUT2D eigenvalue weighted by Crippen LogP contribution is -2.38. The second kappa shape index (κ2) is 9.27. The van der Waals surface area contributed by atoms with Gasteiger partial charge in [-0.25, -0.2) is 4.98 Å². The Morgan fingerprint density at radius 1 is 1.07 bits per heavy atom. The van der Waals surface area contributed by atoms with Crippen molar-refractivity contribution in [3.8, 4) is 0 Å². The van der Waals surface area contributed by atoms with E-state index in [2.05, 4.69) is 27.6 Å². The van der Waals surface area contributed by atoms with Crippen molar-refractivity contribution in [2.45, 2.75) is 45.4 Å². The van der Waals surface area contributed by atoms with Gasteiger partial charge in [0.25, 0.3) is 0 Å². The molecule has 1 heterocycles. The number of ether oxygens (including phenoxy) is 3. The van der Waals surface area contributed by atoms with E-state index in [0.29, 0.717) is 31.3 Å². The fraction of sp³-hybridized carbons (Fsp3) is 0.474. The van der Waals surface area contributed by atoms with Gasteiger partial charge in [0.05, 0.1) is 33.7 Å². The van der Waals surface area contributed by atoms with E-state index >= 15 is 0 Å². The van der Waals surface area contributed by atoms with Crippen molar-refractivity contribution < 1.29 is 28.6 Å². The number of carbonyl (C=O) groups excluding carboxylic acids is 3. The van der Waals surface area contributed by atoms with Crippen LogP contribution in [-0.2, 0) is 28.6 Å². The number of imidazole rings is 1. The molecule has 11 heteroatoms. The van der Waals surface area contributed by atoms with Crippen molar-refractivity contribution in [2.24, 2.45) is 5.92 Å². The molecule has 30 heavy (non-hydrogen) atoms. The highest BCUT2D eigenvalue weighted by molar-refractivity contribution is 14.1. The number of hydrogen-bond acceptors (Lipinski definition) is 7. The van der Waals surface area contributed by atoms with Crippen LogP contribution in [0.3, 0.4) is 0 Å². The summed E-state index contributed by atoms with van der Waals surface area (Å²) in [5.41, 5.74) is 1.33. The van der Waals surface area contributed by atoms with Gasteiger partial charge in [0.15, 0.2) is 9.94 Å². The monoisotopic (exact) mass is 568 g/mol. The molecule has 0 spiro atoms. The molecule has 1 aromatic heterocycles. The van der Waals surface area contributed by atoms with E-state index in [0.717, 1.165) is 0 Å². The van der Waals surface area contributed by atoms with Gasteiger partial charge in [-0.15, -0.1) is 0 Å². The predicted molar refractivity (Wildman–Crippen MR) is 117 cm³/mol. The fourth-order valence-corrected chi connectivity index (χ4v) is 4.97. The van der Waals surface area contributed by atoms with E-state index in [4.69, 9.17) is 37.4 Å². The van der Waals surface area contributed by atoms with Crippen molar-refractivity contribution in [1.29, 1.82) is 0 Å². The number of carbonyl (C=O) groups is 3. The molecule has 0 amide bonds. The molecular weight excluding hydrogens is 550 g/mol. The van der Waals surface area contributed by atoms with Gasteiger partial charge in [-0.1, -0.05) is 23.2 Å². The summed E-state index contributed by atoms with van der Waals surface area (Å²) in [5, 5.41) is 0.732. The van der Waals surface area contributed by atoms with Gasteiger partial charge in [0, 0.05) is 26.7 Å². The van der Waals surface area contributed by atoms with Crippen LogP contribution in [0.15, 0.2) is 12.1 Å². The SMILES string of the molecule is CC(=O)OC[C@@H]1C[C@H](n2c(I)nc3cc(Cl)c(Cl)cc32)[C@@H](OC(C)=O)[C@H]1OC(C)=O. The Labute approximate surface area is 196 Å². The molecule has 3 rings (SSSR count). The molecule has 4 atom stereocenters. The van der Waals surface area contributed by atoms with Gasteiger partial charge >= 0.3 is 17.9 Å². The quantitative estimate of drug-likeness (QED) is 0.306. The topological polar surface area (TPSA) is 96.7 Å². The van der Waals surface area contributed by atoms with Crippen LogP contribution in [0.5, 0.6) is 0 Å². The largest absolute Gasteiger partial charge is 0.465 e. The van der Waals surface area contributed by atoms with Crippen LogP contribution >= 0.6 is 45.8 Å². The smallest absolute Gasteiger partial charge is 0.303 e. The van der Waals surface area contributed by atoms with Crippen molar-refractivity contribution in [3.05, 3.63) is 26.0 Å². The predicted octanol–water partition coefficient (Wildman–Crippen LogP) is 3.94. The molecule has 1 aliphatic rings. The highest BCUT2D eigenvalue weighted by Crippen LogP contribution is 2.42. The zero-order chi connectivity index (χ0) is 22.2. The van der Waals surface area contributed by atoms with Crippen LogP contribution in [0.4, 0.5) is 0 Å². The zero-order valence-electron chi connectivity index (χ0n) is 16.4. The molecule has 0 unspecified atom stereocenters. The summed E-state index contributed by atoms with van der Waals surface area (Å²) in [7, 11) is 0. The fourth-order valence-electron chi connectivity index (χ4n) is 3.77. The first-order valence-electron chi connectivity index (χ1n) is 9.08. The lowest BCUT2D eigenvalue weighted by molar-refractivity contribution is -0.168. The average Bonchev–Trinajstić information content (AvgIpc) is 3.10. The maximum atomic E-state index is 11.9. The number of fused-ring (bicyclic) bond motifs is 1. The van der Waals surface area contributed by atoms with Gasteiger partial charge in [-0.05, 0) is 41.1 Å².